The summed E-state index contributed by atoms with van der Waals surface area (Å²) < 4.78 is 5.26. The van der Waals surface area contributed by atoms with Gasteiger partial charge in [0.15, 0.2) is 0 Å². The highest BCUT2D eigenvalue weighted by Gasteiger charge is 2.20. The zero-order valence-electron chi connectivity index (χ0n) is 8.41. The first-order valence-corrected chi connectivity index (χ1v) is 5.37. The minimum absolute atomic E-state index is 0.318. The largest absolute Gasteiger partial charge is 0.468 e. The summed E-state index contributed by atoms with van der Waals surface area (Å²) in [7, 11) is 0. The molecule has 14 heavy (non-hydrogen) atoms. The predicted molar refractivity (Wildman–Crippen MR) is 55.8 cm³/mol. The quantitative estimate of drug-likeness (QED) is 0.769. The molecule has 0 bridgehead atoms. The van der Waals surface area contributed by atoms with E-state index in [1.807, 2.05) is 12.1 Å². The monoisotopic (exact) mass is 194 g/mol. The highest BCUT2D eigenvalue weighted by molar-refractivity contribution is 4.98. The Morgan fingerprint density at radius 1 is 1.43 bits per heavy atom. The van der Waals surface area contributed by atoms with E-state index in [-0.39, 0.29) is 0 Å². The van der Waals surface area contributed by atoms with Crippen LogP contribution in [0, 0.1) is 0 Å². The van der Waals surface area contributed by atoms with Crippen LogP contribution in [0.1, 0.15) is 31.4 Å². The van der Waals surface area contributed by atoms with E-state index in [9.17, 15) is 0 Å². The maximum absolute atomic E-state index is 6.03. The molecule has 1 aliphatic rings. The standard InChI is InChI=1S/C11H18N2O/c12-10-5-1-2-6-11(10)13-8-9-4-3-7-14-9/h3-4,7,10-11,13H,1-2,5-6,8,12H2/t10-,11+/m1/s1. The molecule has 1 aliphatic carbocycles. The third kappa shape index (κ3) is 2.36. The molecule has 3 N–H and O–H groups in total. The van der Waals surface area contributed by atoms with Crippen molar-refractivity contribution in [2.45, 2.75) is 44.3 Å². The van der Waals surface area contributed by atoms with E-state index in [0.29, 0.717) is 12.1 Å². The topological polar surface area (TPSA) is 51.2 Å². The average molecular weight is 194 g/mol. The summed E-state index contributed by atoms with van der Waals surface area (Å²) >= 11 is 0. The molecule has 78 valence electrons. The zero-order valence-corrected chi connectivity index (χ0v) is 8.41. The summed E-state index contributed by atoms with van der Waals surface area (Å²) in [6.45, 7) is 0.797. The van der Waals surface area contributed by atoms with Gasteiger partial charge < -0.3 is 15.5 Å². The molecule has 0 saturated heterocycles. The van der Waals surface area contributed by atoms with E-state index in [4.69, 9.17) is 10.2 Å². The van der Waals surface area contributed by atoms with Gasteiger partial charge in [-0.15, -0.1) is 0 Å². The fraction of sp³-hybridized carbons (Fsp3) is 0.636. The van der Waals surface area contributed by atoms with Gasteiger partial charge in [0.25, 0.3) is 0 Å². The first-order chi connectivity index (χ1) is 6.86. The molecule has 0 unspecified atom stereocenters. The van der Waals surface area contributed by atoms with Crippen LogP contribution in [0.4, 0.5) is 0 Å². The number of nitrogens with one attached hydrogen (secondary N) is 1. The molecular formula is C11H18N2O. The molecule has 0 radical (unpaired) electrons. The molecule has 0 amide bonds. The van der Waals surface area contributed by atoms with E-state index >= 15 is 0 Å². The van der Waals surface area contributed by atoms with Gasteiger partial charge in [-0.3, -0.25) is 0 Å². The first kappa shape index (κ1) is 9.74. The Bertz CT molecular complexity index is 258. The molecule has 3 heteroatoms. The molecule has 1 aromatic rings. The molecule has 0 aliphatic heterocycles. The Morgan fingerprint density at radius 3 is 3.00 bits per heavy atom. The van der Waals surface area contributed by atoms with Gasteiger partial charge in [-0.05, 0) is 25.0 Å². The van der Waals surface area contributed by atoms with E-state index in [0.717, 1.165) is 18.7 Å². The minimum Gasteiger partial charge on any atom is -0.468 e. The SMILES string of the molecule is N[C@@H]1CCCC[C@@H]1NCc1ccco1. The first-order valence-electron chi connectivity index (χ1n) is 5.37. The van der Waals surface area contributed by atoms with Crippen molar-refractivity contribution in [3.63, 3.8) is 0 Å². The van der Waals surface area contributed by atoms with Crippen molar-refractivity contribution in [2.75, 3.05) is 0 Å². The Labute approximate surface area is 84.7 Å². The molecule has 1 fully saturated rings. The van der Waals surface area contributed by atoms with E-state index in [2.05, 4.69) is 5.32 Å². The van der Waals surface area contributed by atoms with Gasteiger partial charge in [0, 0.05) is 12.1 Å². The summed E-state index contributed by atoms with van der Waals surface area (Å²) in [5.41, 5.74) is 6.03. The normalized spacial score (nSPS) is 27.8. The highest BCUT2D eigenvalue weighted by atomic mass is 16.3. The molecule has 2 rings (SSSR count). The van der Waals surface area contributed by atoms with Crippen molar-refractivity contribution in [1.29, 1.82) is 0 Å². The van der Waals surface area contributed by atoms with Crippen LogP contribution in [0.25, 0.3) is 0 Å². The molecule has 0 aromatic carbocycles. The van der Waals surface area contributed by atoms with Gasteiger partial charge in [-0.1, -0.05) is 12.8 Å². The van der Waals surface area contributed by atoms with Gasteiger partial charge in [-0.25, -0.2) is 0 Å². The van der Waals surface area contributed by atoms with Crippen LogP contribution < -0.4 is 11.1 Å². The van der Waals surface area contributed by atoms with Crippen molar-refractivity contribution in [1.82, 2.24) is 5.32 Å². The number of nitrogens with two attached hydrogens (primary N) is 1. The Hall–Kier alpha value is -0.800. The van der Waals surface area contributed by atoms with Gasteiger partial charge in [0.1, 0.15) is 5.76 Å². The molecule has 1 heterocycles. The number of rotatable bonds is 3. The third-order valence-corrected chi connectivity index (χ3v) is 2.94. The van der Waals surface area contributed by atoms with Crippen molar-refractivity contribution in [3.05, 3.63) is 24.2 Å². The molecular weight excluding hydrogens is 176 g/mol. The van der Waals surface area contributed by atoms with Gasteiger partial charge in [0.05, 0.1) is 12.8 Å². The van der Waals surface area contributed by atoms with Crippen molar-refractivity contribution in [2.24, 2.45) is 5.73 Å². The Balaban J connectivity index is 1.79. The van der Waals surface area contributed by atoms with E-state index in [1.165, 1.54) is 19.3 Å². The number of furan rings is 1. The van der Waals surface area contributed by atoms with Crippen LogP contribution in [0.15, 0.2) is 22.8 Å². The second-order valence-electron chi connectivity index (χ2n) is 4.02. The van der Waals surface area contributed by atoms with Crippen LogP contribution in [0.5, 0.6) is 0 Å². The maximum atomic E-state index is 6.03. The predicted octanol–water partition coefficient (Wildman–Crippen LogP) is 1.64. The van der Waals surface area contributed by atoms with Crippen LogP contribution >= 0.6 is 0 Å². The van der Waals surface area contributed by atoms with Crippen molar-refractivity contribution < 1.29 is 4.42 Å². The lowest BCUT2D eigenvalue weighted by Gasteiger charge is -2.29. The van der Waals surface area contributed by atoms with Crippen LogP contribution in [0.2, 0.25) is 0 Å². The molecule has 0 spiro atoms. The van der Waals surface area contributed by atoms with Crippen molar-refractivity contribution >= 4 is 0 Å². The number of hydrogen-bond acceptors (Lipinski definition) is 3. The van der Waals surface area contributed by atoms with Gasteiger partial charge in [-0.2, -0.15) is 0 Å². The summed E-state index contributed by atoms with van der Waals surface area (Å²) in [6.07, 6.45) is 6.62. The second kappa shape index (κ2) is 4.62. The Kier molecular flexibility index (Phi) is 3.22. The second-order valence-corrected chi connectivity index (χ2v) is 4.02. The molecule has 2 atom stereocenters. The lowest BCUT2D eigenvalue weighted by atomic mass is 9.91. The van der Waals surface area contributed by atoms with Gasteiger partial charge >= 0.3 is 0 Å². The summed E-state index contributed by atoms with van der Waals surface area (Å²) in [6, 6.07) is 4.69. The smallest absolute Gasteiger partial charge is 0.117 e. The summed E-state index contributed by atoms with van der Waals surface area (Å²) in [5, 5.41) is 3.46. The van der Waals surface area contributed by atoms with E-state index in [1.54, 1.807) is 6.26 Å². The fourth-order valence-electron chi connectivity index (χ4n) is 2.06. The van der Waals surface area contributed by atoms with Crippen LogP contribution in [-0.2, 0) is 6.54 Å². The highest BCUT2D eigenvalue weighted by Crippen LogP contribution is 2.17. The lowest BCUT2D eigenvalue weighted by Crippen LogP contribution is -2.46. The number of hydrogen-bond donors (Lipinski definition) is 2. The molecule has 1 saturated carbocycles. The minimum atomic E-state index is 0.318. The van der Waals surface area contributed by atoms with Crippen molar-refractivity contribution in [3.8, 4) is 0 Å². The Morgan fingerprint density at radius 2 is 2.29 bits per heavy atom. The fourth-order valence-corrected chi connectivity index (χ4v) is 2.06. The zero-order chi connectivity index (χ0) is 9.80. The lowest BCUT2D eigenvalue weighted by molar-refractivity contribution is 0.317. The molecule has 1 aromatic heterocycles. The molecule has 3 nitrogen and oxygen atoms in total. The maximum Gasteiger partial charge on any atom is 0.117 e. The third-order valence-electron chi connectivity index (χ3n) is 2.94. The average Bonchev–Trinajstić information content (AvgIpc) is 2.69. The van der Waals surface area contributed by atoms with Crippen LogP contribution in [0.3, 0.4) is 0 Å². The van der Waals surface area contributed by atoms with Gasteiger partial charge in [0.2, 0.25) is 0 Å². The van der Waals surface area contributed by atoms with Crippen LogP contribution in [-0.4, -0.2) is 12.1 Å². The summed E-state index contributed by atoms with van der Waals surface area (Å²) in [4.78, 5) is 0. The summed E-state index contributed by atoms with van der Waals surface area (Å²) in [5.74, 6) is 0.989. The van der Waals surface area contributed by atoms with E-state index < -0.39 is 0 Å².